The summed E-state index contributed by atoms with van der Waals surface area (Å²) in [6.07, 6.45) is 1.27. The number of anilines is 2. The monoisotopic (exact) mass is 233 g/mol. The molecule has 1 fully saturated rings. The molecule has 0 aliphatic carbocycles. The zero-order valence-corrected chi connectivity index (χ0v) is 11.1. The van der Waals surface area contributed by atoms with Gasteiger partial charge in [-0.3, -0.25) is 0 Å². The van der Waals surface area contributed by atoms with E-state index in [2.05, 4.69) is 48.1 Å². The SMILES string of the molecule is CCNc1cccc(N2CCC(C)C(C)C2)n1. The molecule has 0 radical (unpaired) electrons. The average molecular weight is 233 g/mol. The molecule has 1 saturated heterocycles. The third-order valence-electron chi connectivity index (χ3n) is 3.75. The Bertz CT molecular complexity index is 364. The molecular weight excluding hydrogens is 210 g/mol. The number of rotatable bonds is 3. The number of hydrogen-bond acceptors (Lipinski definition) is 3. The van der Waals surface area contributed by atoms with Gasteiger partial charge in [-0.05, 0) is 37.3 Å². The Hall–Kier alpha value is -1.25. The Balaban J connectivity index is 2.09. The molecule has 3 heteroatoms. The zero-order chi connectivity index (χ0) is 12.3. The van der Waals surface area contributed by atoms with E-state index in [0.717, 1.165) is 43.1 Å². The molecule has 1 aliphatic heterocycles. The summed E-state index contributed by atoms with van der Waals surface area (Å²) >= 11 is 0. The van der Waals surface area contributed by atoms with Crippen LogP contribution in [-0.4, -0.2) is 24.6 Å². The summed E-state index contributed by atoms with van der Waals surface area (Å²) in [7, 11) is 0. The van der Waals surface area contributed by atoms with E-state index in [1.807, 2.05) is 6.07 Å². The summed E-state index contributed by atoms with van der Waals surface area (Å²) in [5.41, 5.74) is 0. The summed E-state index contributed by atoms with van der Waals surface area (Å²) in [4.78, 5) is 7.07. The fraction of sp³-hybridized carbons (Fsp3) is 0.643. The number of nitrogens with zero attached hydrogens (tertiary/aromatic N) is 2. The highest BCUT2D eigenvalue weighted by molar-refractivity contribution is 5.47. The lowest BCUT2D eigenvalue weighted by atomic mass is 9.89. The fourth-order valence-corrected chi connectivity index (χ4v) is 2.35. The minimum Gasteiger partial charge on any atom is -0.370 e. The predicted octanol–water partition coefficient (Wildman–Crippen LogP) is 3.00. The van der Waals surface area contributed by atoms with Gasteiger partial charge in [-0.2, -0.15) is 0 Å². The van der Waals surface area contributed by atoms with Crippen LogP contribution < -0.4 is 10.2 Å². The third-order valence-corrected chi connectivity index (χ3v) is 3.75. The van der Waals surface area contributed by atoms with Crippen molar-refractivity contribution in [1.29, 1.82) is 0 Å². The molecule has 0 saturated carbocycles. The molecule has 0 aromatic carbocycles. The van der Waals surface area contributed by atoms with Crippen LogP contribution in [0.3, 0.4) is 0 Å². The molecule has 1 aromatic rings. The first-order valence-electron chi connectivity index (χ1n) is 6.66. The van der Waals surface area contributed by atoms with E-state index in [4.69, 9.17) is 0 Å². The Morgan fingerprint density at radius 1 is 1.35 bits per heavy atom. The van der Waals surface area contributed by atoms with Gasteiger partial charge < -0.3 is 10.2 Å². The van der Waals surface area contributed by atoms with Gasteiger partial charge in [0.15, 0.2) is 0 Å². The number of aromatic nitrogens is 1. The number of pyridine rings is 1. The second-order valence-corrected chi connectivity index (χ2v) is 5.10. The van der Waals surface area contributed by atoms with Crippen molar-refractivity contribution < 1.29 is 0 Å². The fourth-order valence-electron chi connectivity index (χ4n) is 2.35. The van der Waals surface area contributed by atoms with Gasteiger partial charge in [0.2, 0.25) is 0 Å². The van der Waals surface area contributed by atoms with Gasteiger partial charge in [-0.25, -0.2) is 4.98 Å². The highest BCUT2D eigenvalue weighted by Gasteiger charge is 2.23. The number of nitrogens with one attached hydrogen (secondary N) is 1. The Kier molecular flexibility index (Phi) is 3.87. The van der Waals surface area contributed by atoms with Crippen LogP contribution in [0.1, 0.15) is 27.2 Å². The lowest BCUT2D eigenvalue weighted by molar-refractivity contribution is 0.323. The lowest BCUT2D eigenvalue weighted by Gasteiger charge is -2.36. The lowest BCUT2D eigenvalue weighted by Crippen LogP contribution is -2.38. The largest absolute Gasteiger partial charge is 0.370 e. The number of piperidine rings is 1. The van der Waals surface area contributed by atoms with Crippen molar-refractivity contribution in [2.45, 2.75) is 27.2 Å². The molecule has 17 heavy (non-hydrogen) atoms. The number of hydrogen-bond donors (Lipinski definition) is 1. The summed E-state index contributed by atoms with van der Waals surface area (Å²) in [5.74, 6) is 3.69. The molecule has 0 spiro atoms. The Morgan fingerprint density at radius 3 is 2.88 bits per heavy atom. The smallest absolute Gasteiger partial charge is 0.130 e. The molecule has 0 amide bonds. The molecule has 94 valence electrons. The minimum absolute atomic E-state index is 0.758. The van der Waals surface area contributed by atoms with E-state index in [0.29, 0.717) is 0 Å². The van der Waals surface area contributed by atoms with Gasteiger partial charge in [0.1, 0.15) is 11.6 Å². The topological polar surface area (TPSA) is 28.2 Å². The molecule has 2 atom stereocenters. The van der Waals surface area contributed by atoms with Crippen molar-refractivity contribution in [3.8, 4) is 0 Å². The molecule has 3 nitrogen and oxygen atoms in total. The molecule has 0 bridgehead atoms. The first-order chi connectivity index (χ1) is 8.20. The highest BCUT2D eigenvalue weighted by atomic mass is 15.2. The van der Waals surface area contributed by atoms with Gasteiger partial charge in [-0.1, -0.05) is 19.9 Å². The molecule has 2 heterocycles. The van der Waals surface area contributed by atoms with Crippen molar-refractivity contribution in [1.82, 2.24) is 4.98 Å². The van der Waals surface area contributed by atoms with Crippen LogP contribution in [0.5, 0.6) is 0 Å². The van der Waals surface area contributed by atoms with Gasteiger partial charge in [-0.15, -0.1) is 0 Å². The first kappa shape index (κ1) is 12.2. The van der Waals surface area contributed by atoms with Crippen LogP contribution in [0, 0.1) is 11.8 Å². The molecular formula is C14H23N3. The zero-order valence-electron chi connectivity index (χ0n) is 11.1. The Morgan fingerprint density at radius 2 is 2.18 bits per heavy atom. The summed E-state index contributed by atoms with van der Waals surface area (Å²) in [6, 6.07) is 6.23. The van der Waals surface area contributed by atoms with Crippen LogP contribution in [0.2, 0.25) is 0 Å². The Labute approximate surface area is 104 Å². The molecule has 2 unspecified atom stereocenters. The van der Waals surface area contributed by atoms with E-state index < -0.39 is 0 Å². The van der Waals surface area contributed by atoms with Gasteiger partial charge in [0.05, 0.1) is 0 Å². The van der Waals surface area contributed by atoms with E-state index in [9.17, 15) is 0 Å². The normalized spacial score (nSPS) is 24.8. The van der Waals surface area contributed by atoms with Crippen LogP contribution >= 0.6 is 0 Å². The summed E-state index contributed by atoms with van der Waals surface area (Å²) < 4.78 is 0. The maximum absolute atomic E-state index is 4.66. The average Bonchev–Trinajstić information content (AvgIpc) is 2.33. The third kappa shape index (κ3) is 2.90. The molecule has 1 aliphatic rings. The van der Waals surface area contributed by atoms with E-state index in [1.165, 1.54) is 6.42 Å². The van der Waals surface area contributed by atoms with E-state index in [-0.39, 0.29) is 0 Å². The van der Waals surface area contributed by atoms with Crippen LogP contribution in [-0.2, 0) is 0 Å². The van der Waals surface area contributed by atoms with Crippen molar-refractivity contribution in [2.24, 2.45) is 11.8 Å². The van der Waals surface area contributed by atoms with Crippen molar-refractivity contribution in [3.63, 3.8) is 0 Å². The highest BCUT2D eigenvalue weighted by Crippen LogP contribution is 2.26. The maximum atomic E-state index is 4.66. The first-order valence-corrected chi connectivity index (χ1v) is 6.66. The molecule has 1 aromatic heterocycles. The molecule has 1 N–H and O–H groups in total. The van der Waals surface area contributed by atoms with Crippen molar-refractivity contribution in [3.05, 3.63) is 18.2 Å². The van der Waals surface area contributed by atoms with Crippen LogP contribution in [0.15, 0.2) is 18.2 Å². The maximum Gasteiger partial charge on any atom is 0.130 e. The standard InChI is InChI=1S/C14H23N3/c1-4-15-13-6-5-7-14(16-13)17-9-8-11(2)12(3)10-17/h5-7,11-12H,4,8-10H2,1-3H3,(H,15,16). The summed E-state index contributed by atoms with van der Waals surface area (Å²) in [5, 5.41) is 3.27. The predicted molar refractivity (Wildman–Crippen MR) is 73.6 cm³/mol. The van der Waals surface area contributed by atoms with E-state index in [1.54, 1.807) is 0 Å². The molecule has 2 rings (SSSR count). The van der Waals surface area contributed by atoms with Gasteiger partial charge >= 0.3 is 0 Å². The van der Waals surface area contributed by atoms with Gasteiger partial charge in [0.25, 0.3) is 0 Å². The van der Waals surface area contributed by atoms with Crippen molar-refractivity contribution >= 4 is 11.6 Å². The van der Waals surface area contributed by atoms with Crippen molar-refractivity contribution in [2.75, 3.05) is 29.9 Å². The second kappa shape index (κ2) is 5.39. The minimum atomic E-state index is 0.758. The van der Waals surface area contributed by atoms with E-state index >= 15 is 0 Å². The quantitative estimate of drug-likeness (QED) is 0.870. The summed E-state index contributed by atoms with van der Waals surface area (Å²) in [6.45, 7) is 9.97. The van der Waals surface area contributed by atoms with Crippen LogP contribution in [0.4, 0.5) is 11.6 Å². The van der Waals surface area contributed by atoms with Crippen LogP contribution in [0.25, 0.3) is 0 Å². The second-order valence-electron chi connectivity index (χ2n) is 5.10. The van der Waals surface area contributed by atoms with Gasteiger partial charge in [0, 0.05) is 19.6 Å².